The quantitative estimate of drug-likeness (QED) is 0.726. The van der Waals surface area contributed by atoms with E-state index in [-0.39, 0.29) is 12.5 Å². The first kappa shape index (κ1) is 16.9. The molecule has 0 saturated carbocycles. The van der Waals surface area contributed by atoms with Crippen LogP contribution in [-0.2, 0) is 6.61 Å². The number of carbonyl (C=O) groups excluding carboxylic acids is 1. The van der Waals surface area contributed by atoms with Crippen LogP contribution in [0.15, 0.2) is 60.8 Å². The second-order valence-corrected chi connectivity index (χ2v) is 5.87. The Kier molecular flexibility index (Phi) is 5.26. The van der Waals surface area contributed by atoms with E-state index >= 15 is 0 Å². The molecule has 2 N–H and O–H groups in total. The number of rotatable bonds is 6. The standard InChI is InChI=1S/C20H20N2O3/c1-14(23)12-22-20(24)16-6-3-9-18(11-16)25-13-17-7-2-5-15-8-4-10-21-19(15)17/h2-11,14,23H,12-13H2,1H3,(H,22,24). The van der Waals surface area contributed by atoms with Crippen molar-refractivity contribution in [1.82, 2.24) is 10.3 Å². The lowest BCUT2D eigenvalue weighted by molar-refractivity contribution is 0.0923. The summed E-state index contributed by atoms with van der Waals surface area (Å²) in [6.07, 6.45) is 1.18. The lowest BCUT2D eigenvalue weighted by Gasteiger charge is -2.10. The van der Waals surface area contributed by atoms with Crippen LogP contribution >= 0.6 is 0 Å². The average Bonchev–Trinajstić information content (AvgIpc) is 2.64. The highest BCUT2D eigenvalue weighted by atomic mass is 16.5. The predicted molar refractivity (Wildman–Crippen MR) is 96.5 cm³/mol. The number of aliphatic hydroxyl groups is 1. The second kappa shape index (κ2) is 7.77. The molecular formula is C20H20N2O3. The van der Waals surface area contributed by atoms with E-state index in [9.17, 15) is 9.90 Å². The Morgan fingerprint density at radius 2 is 2.00 bits per heavy atom. The van der Waals surface area contributed by atoms with Gasteiger partial charge in [0.15, 0.2) is 0 Å². The molecule has 3 rings (SSSR count). The number of hydrogen-bond acceptors (Lipinski definition) is 4. The Balaban J connectivity index is 1.71. The van der Waals surface area contributed by atoms with Crippen LogP contribution in [0.3, 0.4) is 0 Å². The van der Waals surface area contributed by atoms with Gasteiger partial charge in [0.05, 0.1) is 11.6 Å². The molecule has 0 bridgehead atoms. The molecule has 0 saturated heterocycles. The van der Waals surface area contributed by atoms with Gasteiger partial charge in [-0.1, -0.05) is 30.3 Å². The number of fused-ring (bicyclic) bond motifs is 1. The van der Waals surface area contributed by atoms with Crippen LogP contribution < -0.4 is 10.1 Å². The van der Waals surface area contributed by atoms with Crippen molar-refractivity contribution in [3.63, 3.8) is 0 Å². The zero-order chi connectivity index (χ0) is 17.6. The van der Waals surface area contributed by atoms with E-state index in [1.54, 1.807) is 31.3 Å². The highest BCUT2D eigenvalue weighted by molar-refractivity contribution is 5.94. The Bertz CT molecular complexity index is 872. The van der Waals surface area contributed by atoms with Crippen molar-refractivity contribution in [2.75, 3.05) is 6.54 Å². The van der Waals surface area contributed by atoms with Crippen LogP contribution in [0.25, 0.3) is 10.9 Å². The van der Waals surface area contributed by atoms with Gasteiger partial charge in [0.1, 0.15) is 12.4 Å². The summed E-state index contributed by atoms with van der Waals surface area (Å²) in [6.45, 7) is 2.21. The maximum atomic E-state index is 12.1. The van der Waals surface area contributed by atoms with Gasteiger partial charge < -0.3 is 15.2 Å². The molecule has 0 aliphatic heterocycles. The van der Waals surface area contributed by atoms with Crippen LogP contribution in [0.2, 0.25) is 0 Å². The van der Waals surface area contributed by atoms with Gasteiger partial charge in [-0.25, -0.2) is 0 Å². The molecule has 0 aliphatic rings. The van der Waals surface area contributed by atoms with Crippen molar-refractivity contribution < 1.29 is 14.6 Å². The number of carbonyl (C=O) groups is 1. The minimum absolute atomic E-state index is 0.214. The topological polar surface area (TPSA) is 71.5 Å². The molecule has 1 heterocycles. The van der Waals surface area contributed by atoms with Gasteiger partial charge in [0, 0.05) is 29.3 Å². The number of para-hydroxylation sites is 1. The molecule has 1 unspecified atom stereocenters. The van der Waals surface area contributed by atoms with Crippen LogP contribution in [0.1, 0.15) is 22.8 Å². The van der Waals surface area contributed by atoms with Gasteiger partial charge in [-0.2, -0.15) is 0 Å². The number of nitrogens with zero attached hydrogens (tertiary/aromatic N) is 1. The summed E-state index contributed by atoms with van der Waals surface area (Å²) in [7, 11) is 0. The van der Waals surface area contributed by atoms with E-state index < -0.39 is 6.10 Å². The maximum absolute atomic E-state index is 12.1. The molecule has 1 aromatic heterocycles. The summed E-state index contributed by atoms with van der Waals surface area (Å²) >= 11 is 0. The van der Waals surface area contributed by atoms with E-state index in [0.29, 0.717) is 17.9 Å². The van der Waals surface area contributed by atoms with E-state index in [1.165, 1.54) is 0 Å². The first-order chi connectivity index (χ1) is 12.1. The van der Waals surface area contributed by atoms with Gasteiger partial charge in [-0.3, -0.25) is 9.78 Å². The van der Waals surface area contributed by atoms with Crippen molar-refractivity contribution in [3.8, 4) is 5.75 Å². The molecule has 5 heteroatoms. The smallest absolute Gasteiger partial charge is 0.251 e. The fourth-order valence-corrected chi connectivity index (χ4v) is 2.51. The van der Waals surface area contributed by atoms with E-state index in [4.69, 9.17) is 4.74 Å². The predicted octanol–water partition coefficient (Wildman–Crippen LogP) is 2.92. The number of aromatic nitrogens is 1. The van der Waals surface area contributed by atoms with Crippen molar-refractivity contribution in [1.29, 1.82) is 0 Å². The van der Waals surface area contributed by atoms with Crippen LogP contribution in [0, 0.1) is 0 Å². The number of hydrogen-bond donors (Lipinski definition) is 2. The van der Waals surface area contributed by atoms with Gasteiger partial charge in [0.2, 0.25) is 0 Å². The summed E-state index contributed by atoms with van der Waals surface area (Å²) in [5.74, 6) is 0.371. The third-order valence-corrected chi connectivity index (χ3v) is 3.76. The van der Waals surface area contributed by atoms with Crippen molar-refractivity contribution >= 4 is 16.8 Å². The molecule has 3 aromatic rings. The van der Waals surface area contributed by atoms with Gasteiger partial charge in [0.25, 0.3) is 5.91 Å². The van der Waals surface area contributed by atoms with Crippen LogP contribution in [0.4, 0.5) is 0 Å². The lowest BCUT2D eigenvalue weighted by Crippen LogP contribution is -2.30. The summed E-state index contributed by atoms with van der Waals surface area (Å²) in [6, 6.07) is 16.9. The maximum Gasteiger partial charge on any atom is 0.251 e. The SMILES string of the molecule is CC(O)CNC(=O)c1cccc(OCc2cccc3cccnc23)c1. The first-order valence-corrected chi connectivity index (χ1v) is 8.15. The zero-order valence-electron chi connectivity index (χ0n) is 14.0. The number of aliphatic hydroxyl groups excluding tert-OH is 1. The number of nitrogens with one attached hydrogen (secondary N) is 1. The fourth-order valence-electron chi connectivity index (χ4n) is 2.51. The monoisotopic (exact) mass is 336 g/mol. The molecule has 25 heavy (non-hydrogen) atoms. The Morgan fingerprint density at radius 1 is 1.20 bits per heavy atom. The molecular weight excluding hydrogens is 316 g/mol. The Morgan fingerprint density at radius 3 is 2.84 bits per heavy atom. The third kappa shape index (κ3) is 4.33. The summed E-state index contributed by atoms with van der Waals surface area (Å²) in [4.78, 5) is 16.5. The first-order valence-electron chi connectivity index (χ1n) is 8.15. The Labute approximate surface area is 146 Å². The number of ether oxygens (including phenoxy) is 1. The van der Waals surface area contributed by atoms with Crippen molar-refractivity contribution in [2.24, 2.45) is 0 Å². The molecule has 5 nitrogen and oxygen atoms in total. The summed E-state index contributed by atoms with van der Waals surface area (Å²) in [5.41, 5.74) is 2.40. The zero-order valence-corrected chi connectivity index (χ0v) is 14.0. The van der Waals surface area contributed by atoms with Crippen molar-refractivity contribution in [3.05, 3.63) is 71.9 Å². The summed E-state index contributed by atoms with van der Waals surface area (Å²) in [5, 5.41) is 13.0. The number of pyridine rings is 1. The molecule has 0 aliphatic carbocycles. The molecule has 1 amide bonds. The summed E-state index contributed by atoms with van der Waals surface area (Å²) < 4.78 is 5.85. The highest BCUT2D eigenvalue weighted by Crippen LogP contribution is 2.19. The molecule has 0 radical (unpaired) electrons. The normalized spacial score (nSPS) is 11.9. The number of amides is 1. The minimum Gasteiger partial charge on any atom is -0.489 e. The largest absolute Gasteiger partial charge is 0.489 e. The van der Waals surface area contributed by atoms with Crippen LogP contribution in [-0.4, -0.2) is 28.6 Å². The number of benzene rings is 2. The van der Waals surface area contributed by atoms with Gasteiger partial charge >= 0.3 is 0 Å². The van der Waals surface area contributed by atoms with Gasteiger partial charge in [-0.15, -0.1) is 0 Å². The van der Waals surface area contributed by atoms with Gasteiger partial charge in [-0.05, 0) is 31.2 Å². The molecule has 0 spiro atoms. The van der Waals surface area contributed by atoms with Crippen molar-refractivity contribution in [2.45, 2.75) is 19.6 Å². The van der Waals surface area contributed by atoms with Crippen LogP contribution in [0.5, 0.6) is 5.75 Å². The van der Waals surface area contributed by atoms with E-state index in [1.807, 2.05) is 36.4 Å². The molecule has 128 valence electrons. The molecule has 1 atom stereocenters. The fraction of sp³-hybridized carbons (Fsp3) is 0.200. The van der Waals surface area contributed by atoms with E-state index in [2.05, 4.69) is 10.3 Å². The minimum atomic E-state index is -0.581. The second-order valence-electron chi connectivity index (χ2n) is 5.87. The lowest BCUT2D eigenvalue weighted by atomic mass is 10.1. The van der Waals surface area contributed by atoms with E-state index in [0.717, 1.165) is 16.5 Å². The third-order valence-electron chi connectivity index (χ3n) is 3.76. The molecule has 0 fully saturated rings. The highest BCUT2D eigenvalue weighted by Gasteiger charge is 2.08. The molecule has 2 aromatic carbocycles. The average molecular weight is 336 g/mol. The Hall–Kier alpha value is -2.92.